The highest BCUT2D eigenvalue weighted by atomic mass is 35.5. The minimum absolute atomic E-state index is 0.138. The van der Waals surface area contributed by atoms with E-state index in [2.05, 4.69) is 25.6 Å². The van der Waals surface area contributed by atoms with Crippen molar-refractivity contribution in [2.24, 2.45) is 0 Å². The second-order valence-electron chi connectivity index (χ2n) is 5.48. The third kappa shape index (κ3) is 3.36. The molecule has 4 aromatic rings. The van der Waals surface area contributed by atoms with Crippen LogP contribution in [0.1, 0.15) is 11.4 Å². The summed E-state index contributed by atoms with van der Waals surface area (Å²) in [6.07, 6.45) is 2.17. The number of anilines is 2. The van der Waals surface area contributed by atoms with E-state index in [1.807, 2.05) is 36.4 Å². The standard InChI is InChI=1S/C17H13ClN6O/c18-12-2-1-3-13(9-12)20-14-5-6-15-21-22-16(24(15)23-14)8-11-4-7-17(25)19-10-11/h1-7,9-10H,8H2,(H,19,25)(H,20,23). The molecule has 25 heavy (non-hydrogen) atoms. The van der Waals surface area contributed by atoms with Crippen LogP contribution in [0.25, 0.3) is 5.65 Å². The van der Waals surface area contributed by atoms with Crippen LogP contribution in [0.4, 0.5) is 11.5 Å². The first-order chi connectivity index (χ1) is 12.2. The molecule has 0 aliphatic rings. The molecular weight excluding hydrogens is 340 g/mol. The van der Waals surface area contributed by atoms with E-state index in [-0.39, 0.29) is 5.56 Å². The lowest BCUT2D eigenvalue weighted by atomic mass is 10.2. The molecule has 124 valence electrons. The van der Waals surface area contributed by atoms with Crippen LogP contribution in [-0.4, -0.2) is 24.8 Å². The first-order valence-electron chi connectivity index (χ1n) is 7.59. The Morgan fingerprint density at radius 3 is 2.84 bits per heavy atom. The van der Waals surface area contributed by atoms with E-state index in [1.54, 1.807) is 16.8 Å². The summed E-state index contributed by atoms with van der Waals surface area (Å²) in [4.78, 5) is 13.8. The molecule has 8 heteroatoms. The zero-order chi connectivity index (χ0) is 17.2. The number of hydrogen-bond donors (Lipinski definition) is 2. The van der Waals surface area contributed by atoms with Crippen LogP contribution in [0.5, 0.6) is 0 Å². The fraction of sp³-hybridized carbons (Fsp3) is 0.0588. The maximum atomic E-state index is 11.2. The molecule has 0 fully saturated rings. The smallest absolute Gasteiger partial charge is 0.247 e. The quantitative estimate of drug-likeness (QED) is 0.589. The summed E-state index contributed by atoms with van der Waals surface area (Å²) in [6, 6.07) is 14.3. The average Bonchev–Trinajstić information content (AvgIpc) is 2.99. The van der Waals surface area contributed by atoms with E-state index in [9.17, 15) is 4.79 Å². The normalized spacial score (nSPS) is 10.9. The first kappa shape index (κ1) is 15.3. The molecule has 0 aliphatic carbocycles. The first-order valence-corrected chi connectivity index (χ1v) is 7.97. The zero-order valence-corrected chi connectivity index (χ0v) is 13.7. The van der Waals surface area contributed by atoms with Crippen molar-refractivity contribution in [3.05, 3.63) is 81.5 Å². The lowest BCUT2D eigenvalue weighted by molar-refractivity contribution is 0.839. The predicted octanol–water partition coefficient (Wildman–Crippen LogP) is 2.80. The van der Waals surface area contributed by atoms with Crippen LogP contribution < -0.4 is 10.9 Å². The number of benzene rings is 1. The second-order valence-corrected chi connectivity index (χ2v) is 5.91. The molecule has 0 aliphatic heterocycles. The SMILES string of the molecule is O=c1ccc(Cc2nnc3ccc(Nc4cccc(Cl)c4)nn23)c[nH]1. The van der Waals surface area contributed by atoms with E-state index < -0.39 is 0 Å². The van der Waals surface area contributed by atoms with Crippen LogP contribution in [-0.2, 0) is 6.42 Å². The molecule has 0 atom stereocenters. The topological polar surface area (TPSA) is 88.0 Å². The molecule has 3 aromatic heterocycles. The van der Waals surface area contributed by atoms with E-state index in [0.29, 0.717) is 28.7 Å². The minimum atomic E-state index is -0.138. The number of nitrogens with zero attached hydrogens (tertiary/aromatic N) is 4. The number of rotatable bonds is 4. The number of fused-ring (bicyclic) bond motifs is 1. The molecule has 0 unspecified atom stereocenters. The molecule has 0 saturated heterocycles. The van der Waals surface area contributed by atoms with Crippen LogP contribution in [0, 0.1) is 0 Å². The van der Waals surface area contributed by atoms with Crippen LogP contribution >= 0.6 is 11.6 Å². The van der Waals surface area contributed by atoms with Crippen molar-refractivity contribution in [3.63, 3.8) is 0 Å². The van der Waals surface area contributed by atoms with E-state index >= 15 is 0 Å². The van der Waals surface area contributed by atoms with Gasteiger partial charge in [-0.15, -0.1) is 15.3 Å². The van der Waals surface area contributed by atoms with Crippen LogP contribution in [0.2, 0.25) is 5.02 Å². The van der Waals surface area contributed by atoms with Crippen molar-refractivity contribution in [1.29, 1.82) is 0 Å². The number of hydrogen-bond acceptors (Lipinski definition) is 5. The number of pyridine rings is 1. The highest BCUT2D eigenvalue weighted by Gasteiger charge is 2.09. The Morgan fingerprint density at radius 1 is 1.12 bits per heavy atom. The highest BCUT2D eigenvalue weighted by molar-refractivity contribution is 6.30. The molecule has 0 amide bonds. The van der Waals surface area contributed by atoms with Gasteiger partial charge in [-0.25, -0.2) is 0 Å². The van der Waals surface area contributed by atoms with Gasteiger partial charge in [-0.05, 0) is 35.9 Å². The molecule has 0 spiro atoms. The predicted molar refractivity (Wildman–Crippen MR) is 95.4 cm³/mol. The Kier molecular flexibility index (Phi) is 3.91. The molecule has 1 aromatic carbocycles. The van der Waals surface area contributed by atoms with E-state index in [0.717, 1.165) is 11.3 Å². The fourth-order valence-corrected chi connectivity index (χ4v) is 2.65. The largest absolute Gasteiger partial charge is 0.339 e. The van der Waals surface area contributed by atoms with Crippen molar-refractivity contribution >= 4 is 28.8 Å². The van der Waals surface area contributed by atoms with Gasteiger partial charge in [0.25, 0.3) is 0 Å². The fourth-order valence-electron chi connectivity index (χ4n) is 2.46. The Bertz CT molecular complexity index is 1080. The van der Waals surface area contributed by atoms with Gasteiger partial charge in [0, 0.05) is 29.4 Å². The van der Waals surface area contributed by atoms with Crippen molar-refractivity contribution in [1.82, 2.24) is 24.8 Å². The molecule has 0 bridgehead atoms. The van der Waals surface area contributed by atoms with Gasteiger partial charge in [0.05, 0.1) is 0 Å². The van der Waals surface area contributed by atoms with Crippen molar-refractivity contribution in [2.45, 2.75) is 6.42 Å². The number of halogens is 1. The maximum Gasteiger partial charge on any atom is 0.247 e. The number of nitrogens with one attached hydrogen (secondary N) is 2. The Hall–Kier alpha value is -3.19. The van der Waals surface area contributed by atoms with Gasteiger partial charge >= 0.3 is 0 Å². The summed E-state index contributed by atoms with van der Waals surface area (Å²) in [6.45, 7) is 0. The van der Waals surface area contributed by atoms with Crippen molar-refractivity contribution in [3.8, 4) is 0 Å². The summed E-state index contributed by atoms with van der Waals surface area (Å²) < 4.78 is 1.68. The lowest BCUT2D eigenvalue weighted by Gasteiger charge is -2.06. The monoisotopic (exact) mass is 352 g/mol. The second kappa shape index (κ2) is 6.37. The third-order valence-electron chi connectivity index (χ3n) is 3.64. The third-order valence-corrected chi connectivity index (χ3v) is 3.87. The molecule has 0 saturated carbocycles. The van der Waals surface area contributed by atoms with Crippen molar-refractivity contribution < 1.29 is 0 Å². The van der Waals surface area contributed by atoms with E-state index in [1.165, 1.54) is 6.07 Å². The van der Waals surface area contributed by atoms with Crippen molar-refractivity contribution in [2.75, 3.05) is 5.32 Å². The molecule has 0 radical (unpaired) electrons. The molecule has 3 heterocycles. The average molecular weight is 353 g/mol. The van der Waals surface area contributed by atoms with Gasteiger partial charge in [0.1, 0.15) is 0 Å². The number of H-pyrrole nitrogens is 1. The number of aromatic amines is 1. The minimum Gasteiger partial charge on any atom is -0.339 e. The molecular formula is C17H13ClN6O. The molecule has 2 N–H and O–H groups in total. The van der Waals surface area contributed by atoms with Gasteiger partial charge in [0.2, 0.25) is 5.56 Å². The zero-order valence-electron chi connectivity index (χ0n) is 13.0. The summed E-state index contributed by atoms with van der Waals surface area (Å²) in [7, 11) is 0. The summed E-state index contributed by atoms with van der Waals surface area (Å²) >= 11 is 6.00. The maximum absolute atomic E-state index is 11.2. The van der Waals surface area contributed by atoms with E-state index in [4.69, 9.17) is 11.6 Å². The van der Waals surface area contributed by atoms with Gasteiger partial charge in [0.15, 0.2) is 17.3 Å². The molecule has 7 nitrogen and oxygen atoms in total. The molecule has 4 rings (SSSR count). The summed E-state index contributed by atoms with van der Waals surface area (Å²) in [5.74, 6) is 1.33. The number of aromatic nitrogens is 5. The Balaban J connectivity index is 1.65. The Labute approximate surface area is 147 Å². The van der Waals surface area contributed by atoms with Gasteiger partial charge in [-0.2, -0.15) is 4.52 Å². The lowest BCUT2D eigenvalue weighted by Crippen LogP contribution is -2.06. The Morgan fingerprint density at radius 2 is 2.04 bits per heavy atom. The highest BCUT2D eigenvalue weighted by Crippen LogP contribution is 2.19. The van der Waals surface area contributed by atoms with Crippen LogP contribution in [0.15, 0.2) is 59.5 Å². The van der Waals surface area contributed by atoms with Crippen LogP contribution in [0.3, 0.4) is 0 Å². The van der Waals surface area contributed by atoms with Gasteiger partial charge < -0.3 is 10.3 Å². The summed E-state index contributed by atoms with van der Waals surface area (Å²) in [5, 5.41) is 16.7. The van der Waals surface area contributed by atoms with Gasteiger partial charge in [-0.3, -0.25) is 4.79 Å². The van der Waals surface area contributed by atoms with Gasteiger partial charge in [-0.1, -0.05) is 23.7 Å². The summed E-state index contributed by atoms with van der Waals surface area (Å²) in [5.41, 5.74) is 2.27.